The van der Waals surface area contributed by atoms with Gasteiger partial charge in [-0.25, -0.2) is 0 Å². The Kier molecular flexibility index (Phi) is 6.12. The Morgan fingerprint density at radius 2 is 1.81 bits per heavy atom. The minimum atomic E-state index is -0.218. The van der Waals surface area contributed by atoms with Crippen LogP contribution in [-0.2, 0) is 6.42 Å². The van der Waals surface area contributed by atoms with E-state index >= 15 is 0 Å². The lowest BCUT2D eigenvalue weighted by molar-refractivity contribution is 0.162. The molecule has 0 spiro atoms. The summed E-state index contributed by atoms with van der Waals surface area (Å²) in [6, 6.07) is 11.0. The fraction of sp³-hybridized carbons (Fsp3) is 0.571. The van der Waals surface area contributed by atoms with Gasteiger partial charge in [-0.15, -0.1) is 0 Å². The van der Waals surface area contributed by atoms with E-state index in [0.29, 0.717) is 12.6 Å². The van der Waals surface area contributed by atoms with E-state index in [1.165, 1.54) is 5.56 Å². The molecule has 0 aliphatic rings. The van der Waals surface area contributed by atoms with E-state index in [1.54, 1.807) is 0 Å². The molecular formula is C14H23NO. The molecule has 0 aliphatic carbocycles. The lowest BCUT2D eigenvalue weighted by Gasteiger charge is -2.19. The van der Waals surface area contributed by atoms with Crippen molar-refractivity contribution in [1.29, 1.82) is 0 Å². The first-order chi connectivity index (χ1) is 7.76. The smallest absolute Gasteiger partial charge is 0.0662 e. The van der Waals surface area contributed by atoms with E-state index in [1.807, 2.05) is 13.0 Å². The molecule has 1 rings (SSSR count). The number of rotatable bonds is 7. The lowest BCUT2D eigenvalue weighted by Crippen LogP contribution is -2.36. The summed E-state index contributed by atoms with van der Waals surface area (Å²) >= 11 is 0. The minimum absolute atomic E-state index is 0.218. The van der Waals surface area contributed by atoms with Crippen molar-refractivity contribution >= 4 is 0 Å². The van der Waals surface area contributed by atoms with Crippen molar-refractivity contribution in [3.8, 4) is 0 Å². The number of aliphatic hydroxyl groups excluding tert-OH is 1. The molecule has 0 amide bonds. The van der Waals surface area contributed by atoms with E-state index in [4.69, 9.17) is 0 Å². The van der Waals surface area contributed by atoms with Crippen LogP contribution in [0, 0.1) is 0 Å². The van der Waals surface area contributed by atoms with Gasteiger partial charge in [-0.2, -0.15) is 0 Å². The van der Waals surface area contributed by atoms with Crippen LogP contribution in [0.15, 0.2) is 30.3 Å². The van der Waals surface area contributed by atoms with Crippen molar-refractivity contribution in [3.63, 3.8) is 0 Å². The zero-order valence-corrected chi connectivity index (χ0v) is 10.3. The van der Waals surface area contributed by atoms with Crippen molar-refractivity contribution in [2.45, 2.75) is 45.3 Å². The predicted octanol–water partition coefficient (Wildman–Crippen LogP) is 2.37. The second kappa shape index (κ2) is 7.42. The molecule has 0 aromatic heterocycles. The molecule has 0 radical (unpaired) electrons. The molecule has 0 heterocycles. The van der Waals surface area contributed by atoms with Crippen molar-refractivity contribution in [2.75, 3.05) is 6.54 Å². The molecule has 0 bridgehead atoms. The summed E-state index contributed by atoms with van der Waals surface area (Å²) in [6.07, 6.45) is 2.72. The largest absolute Gasteiger partial charge is 0.392 e. The monoisotopic (exact) mass is 221 g/mol. The minimum Gasteiger partial charge on any atom is -0.392 e. The molecule has 2 heteroatoms. The molecule has 0 aliphatic heterocycles. The quantitative estimate of drug-likeness (QED) is 0.741. The van der Waals surface area contributed by atoms with Gasteiger partial charge in [0, 0.05) is 12.6 Å². The molecule has 2 N–H and O–H groups in total. The Balaban J connectivity index is 2.37. The fourth-order valence-corrected chi connectivity index (χ4v) is 1.71. The molecular weight excluding hydrogens is 198 g/mol. The van der Waals surface area contributed by atoms with Crippen molar-refractivity contribution in [3.05, 3.63) is 35.9 Å². The lowest BCUT2D eigenvalue weighted by atomic mass is 10.0. The van der Waals surface area contributed by atoms with Crippen molar-refractivity contribution in [1.82, 2.24) is 5.32 Å². The zero-order valence-electron chi connectivity index (χ0n) is 10.3. The molecule has 2 atom stereocenters. The molecule has 0 saturated heterocycles. The maximum atomic E-state index is 9.51. The van der Waals surface area contributed by atoms with Gasteiger partial charge in [0.05, 0.1) is 6.10 Å². The number of nitrogens with one attached hydrogen (secondary N) is 1. The van der Waals surface area contributed by atoms with Crippen LogP contribution in [-0.4, -0.2) is 23.8 Å². The standard InChI is InChI=1S/C14H23NO/c1-3-13(15-11-14(16)4-2)10-12-8-6-5-7-9-12/h5-9,13-16H,3-4,10-11H2,1-2H3. The van der Waals surface area contributed by atoms with Crippen LogP contribution in [0.2, 0.25) is 0 Å². The average molecular weight is 221 g/mol. The normalized spacial score (nSPS) is 14.7. The van der Waals surface area contributed by atoms with Crippen LogP contribution in [0.5, 0.6) is 0 Å². The highest BCUT2D eigenvalue weighted by Crippen LogP contribution is 2.05. The third-order valence-electron chi connectivity index (χ3n) is 2.93. The first-order valence-electron chi connectivity index (χ1n) is 6.21. The van der Waals surface area contributed by atoms with E-state index in [0.717, 1.165) is 19.3 Å². The second-order valence-corrected chi connectivity index (χ2v) is 4.27. The summed E-state index contributed by atoms with van der Waals surface area (Å²) in [5.74, 6) is 0. The average Bonchev–Trinajstić information content (AvgIpc) is 2.35. The van der Waals surface area contributed by atoms with Crippen molar-refractivity contribution < 1.29 is 5.11 Å². The number of benzene rings is 1. The van der Waals surface area contributed by atoms with Gasteiger partial charge in [-0.1, -0.05) is 44.2 Å². The van der Waals surface area contributed by atoms with Crippen molar-refractivity contribution in [2.24, 2.45) is 0 Å². The van der Waals surface area contributed by atoms with Gasteiger partial charge in [0.2, 0.25) is 0 Å². The number of aliphatic hydroxyl groups is 1. The summed E-state index contributed by atoms with van der Waals surface area (Å²) in [5.41, 5.74) is 1.35. The fourth-order valence-electron chi connectivity index (χ4n) is 1.71. The van der Waals surface area contributed by atoms with Crippen LogP contribution in [0.3, 0.4) is 0 Å². The number of hydrogen-bond donors (Lipinski definition) is 2. The van der Waals surface area contributed by atoms with Gasteiger partial charge in [0.15, 0.2) is 0 Å². The van der Waals surface area contributed by atoms with E-state index in [2.05, 4.69) is 36.5 Å². The Labute approximate surface area is 98.7 Å². The van der Waals surface area contributed by atoms with Crippen LogP contribution >= 0.6 is 0 Å². The maximum Gasteiger partial charge on any atom is 0.0662 e. The van der Waals surface area contributed by atoms with Gasteiger partial charge >= 0.3 is 0 Å². The number of hydrogen-bond acceptors (Lipinski definition) is 2. The van der Waals surface area contributed by atoms with E-state index < -0.39 is 0 Å². The highest BCUT2D eigenvalue weighted by Gasteiger charge is 2.08. The van der Waals surface area contributed by atoms with Gasteiger partial charge in [-0.05, 0) is 24.8 Å². The molecule has 2 unspecified atom stereocenters. The molecule has 2 nitrogen and oxygen atoms in total. The van der Waals surface area contributed by atoms with E-state index in [9.17, 15) is 5.11 Å². The van der Waals surface area contributed by atoms with Crippen LogP contribution in [0.4, 0.5) is 0 Å². The third kappa shape index (κ3) is 4.77. The Bertz CT molecular complexity index is 273. The molecule has 0 saturated carbocycles. The van der Waals surface area contributed by atoms with E-state index in [-0.39, 0.29) is 6.10 Å². The SMILES string of the molecule is CCC(O)CNC(CC)Cc1ccccc1. The third-order valence-corrected chi connectivity index (χ3v) is 2.93. The molecule has 1 aromatic rings. The first kappa shape index (κ1) is 13.2. The van der Waals surface area contributed by atoms with Gasteiger partial charge in [-0.3, -0.25) is 0 Å². The molecule has 16 heavy (non-hydrogen) atoms. The zero-order chi connectivity index (χ0) is 11.8. The second-order valence-electron chi connectivity index (χ2n) is 4.27. The molecule has 90 valence electrons. The summed E-state index contributed by atoms with van der Waals surface area (Å²) in [7, 11) is 0. The molecule has 1 aromatic carbocycles. The van der Waals surface area contributed by atoms with Crippen LogP contribution in [0.1, 0.15) is 32.3 Å². The Morgan fingerprint density at radius 1 is 1.12 bits per heavy atom. The Morgan fingerprint density at radius 3 is 2.38 bits per heavy atom. The summed E-state index contributed by atoms with van der Waals surface area (Å²) < 4.78 is 0. The summed E-state index contributed by atoms with van der Waals surface area (Å²) in [4.78, 5) is 0. The van der Waals surface area contributed by atoms with Gasteiger partial charge in [0.1, 0.15) is 0 Å². The Hall–Kier alpha value is -0.860. The van der Waals surface area contributed by atoms with Crippen LogP contribution in [0.25, 0.3) is 0 Å². The predicted molar refractivity (Wildman–Crippen MR) is 68.5 cm³/mol. The summed E-state index contributed by atoms with van der Waals surface area (Å²) in [5, 5.41) is 12.9. The first-order valence-corrected chi connectivity index (χ1v) is 6.21. The summed E-state index contributed by atoms with van der Waals surface area (Å²) in [6.45, 7) is 4.88. The topological polar surface area (TPSA) is 32.3 Å². The molecule has 0 fully saturated rings. The van der Waals surface area contributed by atoms with Gasteiger partial charge < -0.3 is 10.4 Å². The maximum absolute atomic E-state index is 9.51. The highest BCUT2D eigenvalue weighted by molar-refractivity contribution is 5.15. The highest BCUT2D eigenvalue weighted by atomic mass is 16.3. The van der Waals surface area contributed by atoms with Gasteiger partial charge in [0.25, 0.3) is 0 Å². The van der Waals surface area contributed by atoms with Crippen LogP contribution < -0.4 is 5.32 Å².